The third kappa shape index (κ3) is 4.83. The highest BCUT2D eigenvalue weighted by Gasteiger charge is 2.56. The van der Waals surface area contributed by atoms with Gasteiger partial charge in [-0.05, 0) is 54.7 Å². The van der Waals surface area contributed by atoms with Crippen molar-refractivity contribution in [1.29, 1.82) is 15.8 Å². The van der Waals surface area contributed by atoms with Gasteiger partial charge in [0.25, 0.3) is 5.91 Å². The van der Waals surface area contributed by atoms with Crippen LogP contribution in [0.3, 0.4) is 0 Å². The number of hydrogen-bond acceptors (Lipinski definition) is 6. The van der Waals surface area contributed by atoms with Crippen LogP contribution in [0.15, 0.2) is 71.5 Å². The van der Waals surface area contributed by atoms with Gasteiger partial charge in [0, 0.05) is 40.5 Å². The zero-order valence-electron chi connectivity index (χ0n) is 19.6. The average Bonchev–Trinajstić information content (AvgIpc) is 2.89. The number of halogens is 2. The Bertz CT molecular complexity index is 1450. The highest BCUT2D eigenvalue weighted by Crippen LogP contribution is 2.56. The van der Waals surface area contributed by atoms with Crippen molar-refractivity contribution >= 4 is 46.4 Å². The molecular weight excluding hydrogens is 527 g/mol. The molecule has 2 aromatic rings. The molecule has 2 aliphatic rings. The average molecular weight is 547 g/mol. The molecule has 0 spiro atoms. The summed E-state index contributed by atoms with van der Waals surface area (Å²) in [4.78, 5) is 14.7. The number of carbonyl (C=O) groups excluding carboxylic acids is 1. The van der Waals surface area contributed by atoms with Gasteiger partial charge in [0.2, 0.25) is 0 Å². The number of likely N-dealkylation sites (N-methyl/N-ethyl adjacent to an activating group) is 1. The second kappa shape index (κ2) is 10.7. The molecule has 1 heterocycles. The number of allylic oxidation sites excluding steroid dienone is 2. The molecule has 0 fully saturated rings. The summed E-state index contributed by atoms with van der Waals surface area (Å²) in [5, 5.41) is 37.3. The second-order valence-corrected chi connectivity index (χ2v) is 10.1. The predicted octanol–water partition coefficient (Wildman–Crippen LogP) is 4.69. The van der Waals surface area contributed by atoms with Crippen molar-refractivity contribution < 1.29 is 4.79 Å². The van der Waals surface area contributed by atoms with Gasteiger partial charge in [0.1, 0.15) is 6.07 Å². The molecule has 7 nitrogen and oxygen atoms in total. The molecule has 1 amide bonds. The number of rotatable bonds is 3. The third-order valence-electron chi connectivity index (χ3n) is 6.60. The zero-order valence-corrected chi connectivity index (χ0v) is 22.0. The summed E-state index contributed by atoms with van der Waals surface area (Å²) in [5.74, 6) is -1.61. The summed E-state index contributed by atoms with van der Waals surface area (Å²) in [5.41, 5.74) is -0.0846. The third-order valence-corrected chi connectivity index (χ3v) is 7.36. The molecule has 0 saturated carbocycles. The van der Waals surface area contributed by atoms with E-state index in [1.165, 1.54) is 0 Å². The Morgan fingerprint density at radius 2 is 1.84 bits per heavy atom. The normalized spacial score (nSPS) is 20.4. The maximum absolute atomic E-state index is 12.7. The van der Waals surface area contributed by atoms with E-state index in [2.05, 4.69) is 28.8 Å². The first kappa shape index (κ1) is 26.4. The SMILES string of the molecule is CN1CC=C2C(C#N)=C(NC(=S)NC(=O)c3ccccc3)C(C#N)(C#N)[C@@H](c3ccc(Cl)cc3Cl)[C@@H]2C1. The minimum absolute atomic E-state index is 0.0152. The van der Waals surface area contributed by atoms with Gasteiger partial charge in [-0.25, -0.2) is 0 Å². The van der Waals surface area contributed by atoms with Gasteiger partial charge < -0.3 is 10.2 Å². The van der Waals surface area contributed by atoms with Crippen molar-refractivity contribution in [2.45, 2.75) is 5.92 Å². The molecule has 2 N–H and O–H groups in total. The Hall–Kier alpha value is -3.71. The quantitative estimate of drug-likeness (QED) is 0.536. The predicted molar refractivity (Wildman–Crippen MR) is 144 cm³/mol. The molecule has 0 bridgehead atoms. The Morgan fingerprint density at radius 1 is 1.14 bits per heavy atom. The lowest BCUT2D eigenvalue weighted by molar-refractivity contribution is 0.0976. The van der Waals surface area contributed by atoms with Crippen molar-refractivity contribution in [3.63, 3.8) is 0 Å². The molecule has 0 aromatic heterocycles. The van der Waals surface area contributed by atoms with Gasteiger partial charge in [0.15, 0.2) is 10.5 Å². The van der Waals surface area contributed by atoms with E-state index in [1.54, 1.807) is 48.5 Å². The summed E-state index contributed by atoms with van der Waals surface area (Å²) in [6.45, 7) is 1.07. The van der Waals surface area contributed by atoms with Crippen LogP contribution in [0.2, 0.25) is 10.0 Å². The molecular formula is C27H20Cl2N6OS. The molecule has 10 heteroatoms. The molecule has 184 valence electrons. The number of nitriles is 3. The van der Waals surface area contributed by atoms with E-state index in [4.69, 9.17) is 35.4 Å². The van der Waals surface area contributed by atoms with E-state index in [1.807, 2.05) is 18.0 Å². The van der Waals surface area contributed by atoms with Crippen molar-refractivity contribution in [2.75, 3.05) is 20.1 Å². The summed E-state index contributed by atoms with van der Waals surface area (Å²) >= 11 is 18.2. The fraction of sp³-hybridized carbons (Fsp3) is 0.222. The number of nitrogens with one attached hydrogen (secondary N) is 2. The Labute approximate surface area is 230 Å². The topological polar surface area (TPSA) is 116 Å². The lowest BCUT2D eigenvalue weighted by atomic mass is 9.58. The maximum Gasteiger partial charge on any atom is 0.257 e. The molecule has 2 aromatic carbocycles. The van der Waals surface area contributed by atoms with Crippen molar-refractivity contribution in [1.82, 2.24) is 15.5 Å². The first-order valence-corrected chi connectivity index (χ1v) is 12.4. The molecule has 0 saturated heterocycles. The smallest absolute Gasteiger partial charge is 0.257 e. The highest BCUT2D eigenvalue weighted by molar-refractivity contribution is 7.80. The lowest BCUT2D eigenvalue weighted by Gasteiger charge is -2.46. The second-order valence-electron chi connectivity index (χ2n) is 8.80. The Balaban J connectivity index is 1.86. The van der Waals surface area contributed by atoms with Crippen LogP contribution in [-0.2, 0) is 0 Å². The summed E-state index contributed by atoms with van der Waals surface area (Å²) in [7, 11) is 1.92. The zero-order chi connectivity index (χ0) is 26.7. The number of thiocarbonyl (C=S) groups is 1. The minimum atomic E-state index is -1.87. The number of nitrogens with zero attached hydrogens (tertiary/aromatic N) is 4. The van der Waals surface area contributed by atoms with Crippen LogP contribution >= 0.6 is 35.4 Å². The van der Waals surface area contributed by atoms with Crippen LogP contribution in [-0.4, -0.2) is 36.1 Å². The molecule has 37 heavy (non-hydrogen) atoms. The van der Waals surface area contributed by atoms with E-state index in [9.17, 15) is 20.6 Å². The lowest BCUT2D eigenvalue weighted by Crippen LogP contribution is -2.51. The van der Waals surface area contributed by atoms with E-state index < -0.39 is 17.2 Å². The van der Waals surface area contributed by atoms with Crippen molar-refractivity contribution in [3.8, 4) is 18.2 Å². The van der Waals surface area contributed by atoms with Crippen molar-refractivity contribution in [2.24, 2.45) is 11.3 Å². The van der Waals surface area contributed by atoms with Gasteiger partial charge in [-0.1, -0.05) is 53.5 Å². The van der Waals surface area contributed by atoms with Crippen LogP contribution in [0.4, 0.5) is 0 Å². The highest BCUT2D eigenvalue weighted by atomic mass is 35.5. The summed E-state index contributed by atoms with van der Waals surface area (Å²) in [6, 6.07) is 19.9. The molecule has 4 rings (SSSR count). The fourth-order valence-corrected chi connectivity index (χ4v) is 5.68. The van der Waals surface area contributed by atoms with Crippen LogP contribution < -0.4 is 10.6 Å². The van der Waals surface area contributed by atoms with E-state index in [-0.39, 0.29) is 22.3 Å². The minimum Gasteiger partial charge on any atom is -0.332 e. The van der Waals surface area contributed by atoms with Gasteiger partial charge >= 0.3 is 0 Å². The maximum atomic E-state index is 12.7. The van der Waals surface area contributed by atoms with Gasteiger partial charge in [-0.2, -0.15) is 15.8 Å². The summed E-state index contributed by atoms with van der Waals surface area (Å²) < 4.78 is 0. The Morgan fingerprint density at radius 3 is 2.46 bits per heavy atom. The molecule has 1 aliphatic carbocycles. The molecule has 0 unspecified atom stereocenters. The van der Waals surface area contributed by atoms with Crippen LogP contribution in [0.1, 0.15) is 21.8 Å². The molecule has 0 radical (unpaired) electrons. The largest absolute Gasteiger partial charge is 0.332 e. The van der Waals surface area contributed by atoms with E-state index in [0.29, 0.717) is 39.8 Å². The number of carbonyl (C=O) groups is 1. The van der Waals surface area contributed by atoms with Crippen molar-refractivity contribution in [3.05, 3.63) is 92.6 Å². The van der Waals surface area contributed by atoms with Crippen LogP contribution in [0.25, 0.3) is 0 Å². The van der Waals surface area contributed by atoms with Gasteiger partial charge in [-0.3, -0.25) is 10.1 Å². The number of benzene rings is 2. The number of amides is 1. The monoisotopic (exact) mass is 546 g/mol. The van der Waals surface area contributed by atoms with Gasteiger partial charge in [-0.15, -0.1) is 0 Å². The standard InChI is InChI=1S/C27H20Cl2N6OS/c1-35-10-9-18-20(12-30)24(33-26(37)34-25(36)16-5-3-2-4-6-16)27(14-31,15-32)23(21(18)13-35)19-8-7-17(28)11-22(19)29/h2-9,11,21,23H,10,13H2,1H3,(H2,33,34,36,37)/t21-,23+/m1/s1. The molecule has 1 aliphatic heterocycles. The first-order chi connectivity index (χ1) is 17.7. The van der Waals surface area contributed by atoms with Gasteiger partial charge in [0.05, 0.1) is 23.4 Å². The van der Waals surface area contributed by atoms with Crippen LogP contribution in [0.5, 0.6) is 0 Å². The van der Waals surface area contributed by atoms with E-state index >= 15 is 0 Å². The first-order valence-electron chi connectivity index (χ1n) is 11.2. The molecule has 2 atom stereocenters. The van der Waals surface area contributed by atoms with Crippen LogP contribution in [0, 0.1) is 45.3 Å². The van der Waals surface area contributed by atoms with E-state index in [0.717, 1.165) is 0 Å². The number of hydrogen-bond donors (Lipinski definition) is 2. The number of fused-ring (bicyclic) bond motifs is 1. The fourth-order valence-electron chi connectivity index (χ4n) is 4.96. The Kier molecular flexibility index (Phi) is 7.64. The summed E-state index contributed by atoms with van der Waals surface area (Å²) in [6.07, 6.45) is 1.91.